The molecular weight excluding hydrogens is 238 g/mol. The number of amides is 1. The molecule has 0 radical (unpaired) electrons. The van der Waals surface area contributed by atoms with Crippen molar-refractivity contribution < 1.29 is 4.79 Å². The van der Waals surface area contributed by atoms with Crippen molar-refractivity contribution in [1.29, 1.82) is 0 Å². The van der Waals surface area contributed by atoms with Gasteiger partial charge < -0.3 is 4.57 Å². The lowest BCUT2D eigenvalue weighted by Gasteiger charge is -2.20. The number of imidazole rings is 1. The highest BCUT2D eigenvalue weighted by Crippen LogP contribution is 2.25. The fourth-order valence-corrected chi connectivity index (χ4v) is 2.17. The van der Waals surface area contributed by atoms with E-state index < -0.39 is 0 Å². The molecule has 0 aliphatic carbocycles. The summed E-state index contributed by atoms with van der Waals surface area (Å²) >= 11 is 0. The maximum Gasteiger partial charge on any atom is 0.234 e. The van der Waals surface area contributed by atoms with Gasteiger partial charge >= 0.3 is 0 Å². The quantitative estimate of drug-likeness (QED) is 0.915. The van der Waals surface area contributed by atoms with Crippen LogP contribution in [0.1, 0.15) is 25.3 Å². The molecule has 1 N–H and O–H groups in total. The third-order valence-electron chi connectivity index (χ3n) is 3.16. The van der Waals surface area contributed by atoms with Crippen molar-refractivity contribution in [3.63, 3.8) is 0 Å². The first kappa shape index (κ1) is 13.3. The minimum atomic E-state index is -0.169. The summed E-state index contributed by atoms with van der Waals surface area (Å²) in [6, 6.07) is 9.85. The summed E-state index contributed by atoms with van der Waals surface area (Å²) in [7, 11) is 1.86. The number of carbonyl (C=O) groups is 1. The summed E-state index contributed by atoms with van der Waals surface area (Å²) < 4.78 is 1.79. The van der Waals surface area contributed by atoms with E-state index in [1.807, 2.05) is 43.6 Å². The van der Waals surface area contributed by atoms with Crippen LogP contribution < -0.4 is 5.32 Å². The Balaban J connectivity index is 2.21. The summed E-state index contributed by atoms with van der Waals surface area (Å²) in [5.74, 6) is 0.614. The van der Waals surface area contributed by atoms with E-state index in [1.165, 1.54) is 0 Å². The van der Waals surface area contributed by atoms with Gasteiger partial charge in [0.1, 0.15) is 0 Å². The van der Waals surface area contributed by atoms with Crippen molar-refractivity contribution in [2.75, 3.05) is 5.32 Å². The van der Waals surface area contributed by atoms with Gasteiger partial charge in [0, 0.05) is 19.4 Å². The van der Waals surface area contributed by atoms with Gasteiger partial charge in [-0.15, -0.1) is 0 Å². The maximum atomic E-state index is 12.4. The zero-order valence-corrected chi connectivity index (χ0v) is 11.5. The van der Waals surface area contributed by atoms with Crippen LogP contribution in [0.5, 0.6) is 0 Å². The van der Waals surface area contributed by atoms with Crippen LogP contribution in [0, 0.1) is 5.92 Å². The number of carbonyl (C=O) groups excluding carboxylic acids is 1. The number of anilines is 1. The molecule has 1 aromatic carbocycles. The number of rotatable bonds is 4. The zero-order valence-electron chi connectivity index (χ0n) is 11.5. The molecule has 0 aliphatic rings. The molecule has 0 saturated heterocycles. The molecule has 2 rings (SSSR count). The Morgan fingerprint density at radius 3 is 2.47 bits per heavy atom. The molecular formula is C15H19N3O. The Morgan fingerprint density at radius 2 is 1.95 bits per heavy atom. The van der Waals surface area contributed by atoms with Gasteiger partial charge in [-0.2, -0.15) is 0 Å². The zero-order chi connectivity index (χ0) is 13.8. The molecule has 1 atom stereocenters. The van der Waals surface area contributed by atoms with E-state index in [9.17, 15) is 4.79 Å². The van der Waals surface area contributed by atoms with Crippen LogP contribution >= 0.6 is 0 Å². The number of nitrogens with zero attached hydrogens (tertiary/aromatic N) is 2. The lowest BCUT2D eigenvalue weighted by atomic mass is 9.88. The molecule has 4 heteroatoms. The van der Waals surface area contributed by atoms with Crippen LogP contribution in [0.25, 0.3) is 0 Å². The average molecular weight is 257 g/mol. The van der Waals surface area contributed by atoms with Gasteiger partial charge in [0.15, 0.2) is 0 Å². The fourth-order valence-electron chi connectivity index (χ4n) is 2.17. The van der Waals surface area contributed by atoms with E-state index in [2.05, 4.69) is 24.1 Å². The van der Waals surface area contributed by atoms with Gasteiger partial charge in [0.2, 0.25) is 11.9 Å². The summed E-state index contributed by atoms with van der Waals surface area (Å²) in [6.45, 7) is 4.10. The topological polar surface area (TPSA) is 46.9 Å². The van der Waals surface area contributed by atoms with E-state index in [0.29, 0.717) is 5.95 Å². The molecule has 4 nitrogen and oxygen atoms in total. The standard InChI is InChI=1S/C15H19N3O/c1-11(2)13(12-7-5-4-6-8-12)14(19)17-15-16-9-10-18(15)3/h4-11,13H,1-3H3,(H,16,17,19). The van der Waals surface area contributed by atoms with Crippen molar-refractivity contribution in [1.82, 2.24) is 9.55 Å². The number of nitrogens with one attached hydrogen (secondary N) is 1. The molecule has 1 unspecified atom stereocenters. The fraction of sp³-hybridized carbons (Fsp3) is 0.333. The van der Waals surface area contributed by atoms with Crippen LogP contribution in [0.4, 0.5) is 5.95 Å². The third-order valence-corrected chi connectivity index (χ3v) is 3.16. The van der Waals surface area contributed by atoms with Crippen molar-refractivity contribution >= 4 is 11.9 Å². The molecule has 1 aromatic heterocycles. The monoisotopic (exact) mass is 257 g/mol. The summed E-state index contributed by atoms with van der Waals surface area (Å²) in [5.41, 5.74) is 1.03. The molecule has 1 amide bonds. The largest absolute Gasteiger partial charge is 0.320 e. The molecule has 0 spiro atoms. The number of aryl methyl sites for hydroxylation is 1. The first-order valence-electron chi connectivity index (χ1n) is 6.42. The smallest absolute Gasteiger partial charge is 0.234 e. The number of aromatic nitrogens is 2. The van der Waals surface area contributed by atoms with E-state index >= 15 is 0 Å². The predicted octanol–water partition coefficient (Wildman–Crippen LogP) is 2.80. The Morgan fingerprint density at radius 1 is 1.26 bits per heavy atom. The number of hydrogen-bond acceptors (Lipinski definition) is 2. The molecule has 2 aromatic rings. The van der Waals surface area contributed by atoms with E-state index in [-0.39, 0.29) is 17.7 Å². The molecule has 100 valence electrons. The van der Waals surface area contributed by atoms with E-state index in [1.54, 1.807) is 10.8 Å². The Hall–Kier alpha value is -2.10. The van der Waals surface area contributed by atoms with Crippen LogP contribution in [-0.4, -0.2) is 15.5 Å². The second-order valence-electron chi connectivity index (χ2n) is 4.98. The molecule has 0 fully saturated rings. The van der Waals surface area contributed by atoms with Gasteiger partial charge in [-0.3, -0.25) is 10.1 Å². The highest BCUT2D eigenvalue weighted by Gasteiger charge is 2.24. The summed E-state index contributed by atoms with van der Waals surface area (Å²) in [4.78, 5) is 16.6. The van der Waals surface area contributed by atoms with Crippen LogP contribution in [-0.2, 0) is 11.8 Å². The Labute approximate surface area is 113 Å². The molecule has 0 saturated carbocycles. The van der Waals surface area contributed by atoms with Gasteiger partial charge in [0.25, 0.3) is 0 Å². The third kappa shape index (κ3) is 3.02. The minimum Gasteiger partial charge on any atom is -0.320 e. The van der Waals surface area contributed by atoms with Gasteiger partial charge in [0.05, 0.1) is 5.92 Å². The number of benzene rings is 1. The van der Waals surface area contributed by atoms with Crippen LogP contribution in [0.3, 0.4) is 0 Å². The first-order chi connectivity index (χ1) is 9.09. The van der Waals surface area contributed by atoms with Crippen molar-refractivity contribution in [3.05, 3.63) is 48.3 Å². The van der Waals surface area contributed by atoms with Gasteiger partial charge in [-0.05, 0) is 11.5 Å². The van der Waals surface area contributed by atoms with Crippen molar-refractivity contribution in [2.24, 2.45) is 13.0 Å². The second-order valence-corrected chi connectivity index (χ2v) is 4.98. The summed E-state index contributed by atoms with van der Waals surface area (Å²) in [6.07, 6.45) is 3.48. The highest BCUT2D eigenvalue weighted by molar-refractivity contribution is 5.94. The Bertz CT molecular complexity index is 546. The SMILES string of the molecule is CC(C)C(C(=O)Nc1nccn1C)c1ccccc1. The maximum absolute atomic E-state index is 12.4. The lowest BCUT2D eigenvalue weighted by molar-refractivity contribution is -0.118. The first-order valence-corrected chi connectivity index (χ1v) is 6.42. The van der Waals surface area contributed by atoms with Gasteiger partial charge in [-0.1, -0.05) is 44.2 Å². The summed E-state index contributed by atoms with van der Waals surface area (Å²) in [5, 5.41) is 2.88. The second kappa shape index (κ2) is 5.69. The normalized spacial score (nSPS) is 12.4. The molecule has 1 heterocycles. The Kier molecular flexibility index (Phi) is 4.00. The van der Waals surface area contributed by atoms with Crippen LogP contribution in [0.2, 0.25) is 0 Å². The van der Waals surface area contributed by atoms with E-state index in [0.717, 1.165) is 5.56 Å². The van der Waals surface area contributed by atoms with Crippen LogP contribution in [0.15, 0.2) is 42.7 Å². The lowest BCUT2D eigenvalue weighted by Crippen LogP contribution is -2.26. The van der Waals surface area contributed by atoms with Gasteiger partial charge in [-0.25, -0.2) is 4.98 Å². The molecule has 19 heavy (non-hydrogen) atoms. The average Bonchev–Trinajstić information content (AvgIpc) is 2.76. The highest BCUT2D eigenvalue weighted by atomic mass is 16.2. The minimum absolute atomic E-state index is 0.0181. The predicted molar refractivity (Wildman–Crippen MR) is 75.9 cm³/mol. The number of hydrogen-bond donors (Lipinski definition) is 1. The van der Waals surface area contributed by atoms with Crippen molar-refractivity contribution in [2.45, 2.75) is 19.8 Å². The molecule has 0 bridgehead atoms. The van der Waals surface area contributed by atoms with E-state index in [4.69, 9.17) is 0 Å². The molecule has 0 aliphatic heterocycles. The van der Waals surface area contributed by atoms with Crippen molar-refractivity contribution in [3.8, 4) is 0 Å².